The van der Waals surface area contributed by atoms with Crippen LogP contribution < -0.4 is 4.90 Å². The minimum absolute atomic E-state index is 0.0219. The van der Waals surface area contributed by atoms with E-state index in [0.29, 0.717) is 23.8 Å². The van der Waals surface area contributed by atoms with E-state index in [0.717, 1.165) is 57.7 Å². The molecule has 0 bridgehead atoms. The minimum Gasteiger partial charge on any atom is -0.344 e. The SMILES string of the molecule is CN(CCCC(=O)ON1C(=O)CCC1=O)S(=O)(=O)c1ccc2c(c1)C(C)(C)C(=CC=CC=CC=CC1=[N+](CCCSOOO)c3ccccc3C1(C)C)N2CCCC(=O)OO. The van der Waals surface area contributed by atoms with Crippen LogP contribution in [-0.4, -0.2) is 94.8 Å². The van der Waals surface area contributed by atoms with Crippen molar-refractivity contribution in [3.63, 3.8) is 0 Å². The average molecular weight is 882 g/mol. The molecule has 2 amide bonds. The molecule has 2 N–H and O–H groups in total. The molecule has 3 aliphatic rings. The second-order valence-electron chi connectivity index (χ2n) is 15.7. The molecule has 0 spiro atoms. The van der Waals surface area contributed by atoms with Crippen LogP contribution in [0, 0.1) is 0 Å². The molecule has 1 saturated heterocycles. The lowest BCUT2D eigenvalue weighted by atomic mass is 9.81. The van der Waals surface area contributed by atoms with Gasteiger partial charge in [-0.3, -0.25) is 9.59 Å². The van der Waals surface area contributed by atoms with Crippen molar-refractivity contribution in [2.24, 2.45) is 0 Å². The summed E-state index contributed by atoms with van der Waals surface area (Å²) < 4.78 is 35.5. The summed E-state index contributed by atoms with van der Waals surface area (Å²) in [6, 6.07) is 13.2. The van der Waals surface area contributed by atoms with E-state index in [9.17, 15) is 27.6 Å². The number of anilines is 1. The summed E-state index contributed by atoms with van der Waals surface area (Å²) in [6.45, 7) is 9.48. The molecule has 0 atom stereocenters. The number of fused-ring (bicyclic) bond motifs is 2. The lowest BCUT2D eigenvalue weighted by Crippen LogP contribution is -2.32. The van der Waals surface area contributed by atoms with E-state index in [4.69, 9.17) is 15.4 Å². The molecule has 2 aromatic carbocycles. The fourth-order valence-electron chi connectivity index (χ4n) is 7.74. The summed E-state index contributed by atoms with van der Waals surface area (Å²) in [4.78, 5) is 58.4. The summed E-state index contributed by atoms with van der Waals surface area (Å²) >= 11 is 1.04. The van der Waals surface area contributed by atoms with Crippen molar-refractivity contribution >= 4 is 62.9 Å². The van der Waals surface area contributed by atoms with E-state index in [-0.39, 0.29) is 49.0 Å². The number of rotatable bonds is 21. The number of hydrogen-bond donors (Lipinski definition) is 2. The third kappa shape index (κ3) is 10.9. The van der Waals surface area contributed by atoms with Gasteiger partial charge in [0.2, 0.25) is 15.7 Å². The first-order valence-electron chi connectivity index (χ1n) is 19.9. The third-order valence-corrected chi connectivity index (χ3v) is 13.4. The number of nitrogens with zero attached hydrogens (tertiary/aromatic N) is 4. The van der Waals surface area contributed by atoms with Gasteiger partial charge in [0.25, 0.3) is 11.8 Å². The number of carbonyl (C=O) groups excluding carboxylic acids is 4. The number of carbonyl (C=O) groups is 4. The first-order chi connectivity index (χ1) is 29.0. The molecule has 0 aromatic heterocycles. The van der Waals surface area contributed by atoms with Crippen LogP contribution in [0.1, 0.15) is 83.8 Å². The lowest BCUT2D eigenvalue weighted by Gasteiger charge is -2.27. The van der Waals surface area contributed by atoms with Crippen LogP contribution in [-0.2, 0) is 59.1 Å². The van der Waals surface area contributed by atoms with Gasteiger partial charge >= 0.3 is 11.9 Å². The second kappa shape index (κ2) is 20.7. The molecular weight excluding hydrogens is 829 g/mol. The third-order valence-electron chi connectivity index (χ3n) is 10.9. The molecule has 18 heteroatoms. The van der Waals surface area contributed by atoms with E-state index in [1.165, 1.54) is 18.7 Å². The Labute approximate surface area is 360 Å². The van der Waals surface area contributed by atoms with Crippen molar-refractivity contribution in [2.45, 2.75) is 88.4 Å². The quantitative estimate of drug-likeness (QED) is 0.0257. The first-order valence-corrected chi connectivity index (χ1v) is 22.3. The van der Waals surface area contributed by atoms with Crippen LogP contribution in [0.4, 0.5) is 11.4 Å². The molecule has 0 unspecified atom stereocenters. The Bertz CT molecular complexity index is 2230. The van der Waals surface area contributed by atoms with Gasteiger partial charge in [0, 0.05) is 98.1 Å². The highest BCUT2D eigenvalue weighted by Crippen LogP contribution is 2.49. The minimum atomic E-state index is -4.00. The molecule has 3 aliphatic heterocycles. The largest absolute Gasteiger partial charge is 0.344 e. The van der Waals surface area contributed by atoms with Gasteiger partial charge in [0.15, 0.2) is 5.71 Å². The summed E-state index contributed by atoms with van der Waals surface area (Å²) in [6.07, 6.45) is 14.7. The monoisotopic (exact) mass is 881 g/mol. The molecule has 5 rings (SSSR count). The fourth-order valence-corrected chi connectivity index (χ4v) is 9.33. The molecule has 0 aliphatic carbocycles. The zero-order chi connectivity index (χ0) is 44.4. The Hall–Kier alpha value is -4.95. The highest BCUT2D eigenvalue weighted by atomic mass is 32.2. The molecule has 61 heavy (non-hydrogen) atoms. The summed E-state index contributed by atoms with van der Waals surface area (Å²) in [5.74, 6) is -2.12. The summed E-state index contributed by atoms with van der Waals surface area (Å²) in [5.41, 5.74) is 5.00. The summed E-state index contributed by atoms with van der Waals surface area (Å²) in [5, 5.41) is 21.4. The summed E-state index contributed by atoms with van der Waals surface area (Å²) in [7, 11) is -2.59. The van der Waals surface area contributed by atoms with Crippen molar-refractivity contribution in [3.8, 4) is 0 Å². The maximum absolute atomic E-state index is 13.8. The zero-order valence-corrected chi connectivity index (χ0v) is 36.6. The highest BCUT2D eigenvalue weighted by molar-refractivity contribution is 7.94. The maximum atomic E-state index is 13.8. The molecule has 3 heterocycles. The van der Waals surface area contributed by atoms with E-state index in [1.54, 1.807) is 12.1 Å². The van der Waals surface area contributed by atoms with Crippen molar-refractivity contribution in [3.05, 3.63) is 102 Å². The van der Waals surface area contributed by atoms with Crippen molar-refractivity contribution in [1.82, 2.24) is 9.37 Å². The Kier molecular flexibility index (Phi) is 16.0. The van der Waals surface area contributed by atoms with Crippen LogP contribution in [0.5, 0.6) is 0 Å². The highest BCUT2D eigenvalue weighted by Gasteiger charge is 2.44. The molecule has 328 valence electrons. The smallest absolute Gasteiger partial charge is 0.342 e. The number of allylic oxidation sites excluding steroid dienone is 8. The van der Waals surface area contributed by atoms with Crippen LogP contribution in [0.3, 0.4) is 0 Å². The topological polar surface area (TPSA) is 193 Å². The van der Waals surface area contributed by atoms with Crippen LogP contribution in [0.25, 0.3) is 0 Å². The number of para-hydroxylation sites is 1. The molecule has 16 nitrogen and oxygen atoms in total. The molecule has 2 aromatic rings. The maximum Gasteiger partial charge on any atom is 0.342 e. The van der Waals surface area contributed by atoms with Gasteiger partial charge in [0.05, 0.1) is 16.7 Å². The predicted octanol–water partition coefficient (Wildman–Crippen LogP) is 6.68. The van der Waals surface area contributed by atoms with Gasteiger partial charge in [-0.1, -0.05) is 67.5 Å². The number of benzene rings is 2. The normalized spacial score (nSPS) is 17.9. The predicted molar refractivity (Wildman–Crippen MR) is 228 cm³/mol. The molecular formula is C43H53N4O12S2+. The average Bonchev–Trinajstić information content (AvgIpc) is 3.74. The number of hydrogen-bond acceptors (Lipinski definition) is 14. The van der Waals surface area contributed by atoms with Crippen LogP contribution >= 0.6 is 12.0 Å². The van der Waals surface area contributed by atoms with E-state index in [1.807, 2.05) is 67.3 Å². The van der Waals surface area contributed by atoms with Crippen molar-refractivity contribution in [2.75, 3.05) is 37.3 Å². The number of imide groups is 1. The van der Waals surface area contributed by atoms with E-state index < -0.39 is 39.2 Å². The molecule has 0 radical (unpaired) electrons. The standard InChI is InChI=1S/C43H52N4O12S2/c1-42(2)32-16-11-12-17-34(32)46(28-15-29-60-59-58-53)36(42)18-9-7-6-8-10-19-37-43(3,4)33-30-31(22-23-35(33)45(37)27-14-21-41(51)57-52)61(54,55)44(5)26-13-20-40(50)56-47-38(48)24-25-39(47)49/h6-12,16-19,22-23,30H,13-15,20-21,24-29H2,1-5H3,(H-,52,53)/p+1. The van der Waals surface area contributed by atoms with Gasteiger partial charge in [-0.25, -0.2) is 27.6 Å². The zero-order valence-electron chi connectivity index (χ0n) is 34.9. The Morgan fingerprint density at radius 2 is 1.57 bits per heavy atom. The Balaban J connectivity index is 1.30. The van der Waals surface area contributed by atoms with Crippen LogP contribution in [0.15, 0.2) is 95.6 Å². The van der Waals surface area contributed by atoms with Gasteiger partial charge in [-0.05, 0) is 56.5 Å². The Morgan fingerprint density at radius 3 is 2.30 bits per heavy atom. The molecule has 1 fully saturated rings. The van der Waals surface area contributed by atoms with Crippen molar-refractivity contribution in [1.29, 1.82) is 0 Å². The van der Waals surface area contributed by atoms with Crippen molar-refractivity contribution < 1.29 is 61.8 Å². The first kappa shape index (κ1) is 47.1. The van der Waals surface area contributed by atoms with Gasteiger partial charge in [0.1, 0.15) is 6.54 Å². The Morgan fingerprint density at radius 1 is 0.885 bits per heavy atom. The second-order valence-corrected chi connectivity index (χ2v) is 18.5. The van der Waals surface area contributed by atoms with Gasteiger partial charge in [-0.15, -0.1) is 9.40 Å². The number of amides is 2. The van der Waals surface area contributed by atoms with E-state index in [2.05, 4.69) is 50.9 Å². The van der Waals surface area contributed by atoms with Gasteiger partial charge in [-0.2, -0.15) is 9.83 Å². The van der Waals surface area contributed by atoms with E-state index >= 15 is 0 Å². The number of hydroxylamine groups is 2. The number of sulfonamides is 1. The molecule has 0 saturated carbocycles. The van der Waals surface area contributed by atoms with Crippen LogP contribution in [0.2, 0.25) is 0 Å². The lowest BCUT2D eigenvalue weighted by molar-refractivity contribution is -0.438. The fraction of sp³-hybridized carbons (Fsp3) is 0.419. The van der Waals surface area contributed by atoms with Gasteiger partial charge < -0.3 is 14.6 Å².